The fourth-order valence-electron chi connectivity index (χ4n) is 3.43. The van der Waals surface area contributed by atoms with Crippen LogP contribution in [0.2, 0.25) is 0 Å². The van der Waals surface area contributed by atoms with Gasteiger partial charge in [-0.25, -0.2) is 0 Å². The lowest BCUT2D eigenvalue weighted by Crippen LogP contribution is -2.10. The molecule has 0 amide bonds. The van der Waals surface area contributed by atoms with Crippen molar-refractivity contribution in [3.05, 3.63) is 58.1 Å². The summed E-state index contributed by atoms with van der Waals surface area (Å²) in [5, 5.41) is 2.49. The number of methoxy groups -OCH3 is 1. The highest BCUT2D eigenvalue weighted by molar-refractivity contribution is 9.10. The molecule has 0 fully saturated rings. The minimum Gasteiger partial charge on any atom is -0.496 e. The van der Waals surface area contributed by atoms with Crippen molar-refractivity contribution in [2.45, 2.75) is 13.8 Å². The Labute approximate surface area is 152 Å². The maximum absolute atomic E-state index is 5.67. The van der Waals surface area contributed by atoms with Gasteiger partial charge in [-0.15, -0.1) is 0 Å². The zero-order valence-electron chi connectivity index (χ0n) is 14.8. The molecule has 2 nitrogen and oxygen atoms in total. The van der Waals surface area contributed by atoms with Gasteiger partial charge in [0.05, 0.1) is 7.11 Å². The van der Waals surface area contributed by atoms with E-state index in [0.29, 0.717) is 0 Å². The van der Waals surface area contributed by atoms with Crippen LogP contribution in [0.5, 0.6) is 5.75 Å². The van der Waals surface area contributed by atoms with E-state index in [-0.39, 0.29) is 0 Å². The Morgan fingerprint density at radius 1 is 0.958 bits per heavy atom. The average molecular weight is 384 g/mol. The number of anilines is 1. The average Bonchev–Trinajstić information content (AvgIpc) is 2.54. The SMILES string of the molecule is COc1c(C)cc(Br)c(-c2c(N(C)C)ccc3ccccc23)c1C. The largest absolute Gasteiger partial charge is 0.496 e. The summed E-state index contributed by atoms with van der Waals surface area (Å²) in [5.74, 6) is 0.950. The van der Waals surface area contributed by atoms with Crippen molar-refractivity contribution < 1.29 is 4.74 Å². The molecule has 3 aromatic carbocycles. The monoisotopic (exact) mass is 383 g/mol. The third-order valence-electron chi connectivity index (χ3n) is 4.50. The van der Waals surface area contributed by atoms with Gasteiger partial charge in [0.15, 0.2) is 0 Å². The Balaban J connectivity index is 2.48. The lowest BCUT2D eigenvalue weighted by atomic mass is 9.91. The highest BCUT2D eigenvalue weighted by atomic mass is 79.9. The molecule has 0 spiro atoms. The Morgan fingerprint density at radius 2 is 1.67 bits per heavy atom. The van der Waals surface area contributed by atoms with Crippen LogP contribution < -0.4 is 9.64 Å². The summed E-state index contributed by atoms with van der Waals surface area (Å²) >= 11 is 3.79. The van der Waals surface area contributed by atoms with Gasteiger partial charge >= 0.3 is 0 Å². The molecule has 0 aromatic heterocycles. The molecule has 0 saturated carbocycles. The van der Waals surface area contributed by atoms with Gasteiger partial charge in [-0.05, 0) is 42.3 Å². The molecule has 0 radical (unpaired) electrons. The molecule has 0 aliphatic carbocycles. The number of hydrogen-bond donors (Lipinski definition) is 0. The van der Waals surface area contributed by atoms with Crippen LogP contribution in [-0.4, -0.2) is 21.2 Å². The van der Waals surface area contributed by atoms with Gasteiger partial charge in [-0.3, -0.25) is 0 Å². The van der Waals surface area contributed by atoms with Gasteiger partial charge in [0.1, 0.15) is 5.75 Å². The number of nitrogens with zero attached hydrogens (tertiary/aromatic N) is 1. The second-order valence-electron chi connectivity index (χ2n) is 6.28. The Morgan fingerprint density at radius 3 is 2.33 bits per heavy atom. The van der Waals surface area contributed by atoms with E-state index in [0.717, 1.165) is 21.3 Å². The van der Waals surface area contributed by atoms with Gasteiger partial charge in [0.25, 0.3) is 0 Å². The van der Waals surface area contributed by atoms with E-state index in [1.807, 2.05) is 0 Å². The molecule has 0 aliphatic heterocycles. The van der Waals surface area contributed by atoms with Gasteiger partial charge < -0.3 is 9.64 Å². The van der Waals surface area contributed by atoms with Crippen molar-refractivity contribution >= 4 is 32.4 Å². The normalized spacial score (nSPS) is 10.9. The summed E-state index contributed by atoms with van der Waals surface area (Å²) < 4.78 is 6.77. The van der Waals surface area contributed by atoms with E-state index in [1.165, 1.54) is 27.6 Å². The van der Waals surface area contributed by atoms with Crippen LogP contribution in [-0.2, 0) is 0 Å². The zero-order valence-corrected chi connectivity index (χ0v) is 16.4. The van der Waals surface area contributed by atoms with Crippen LogP contribution in [0.1, 0.15) is 11.1 Å². The number of benzene rings is 3. The molecule has 24 heavy (non-hydrogen) atoms. The van der Waals surface area contributed by atoms with E-state index in [9.17, 15) is 0 Å². The maximum Gasteiger partial charge on any atom is 0.125 e. The number of rotatable bonds is 3. The number of fused-ring (bicyclic) bond motifs is 1. The second kappa shape index (κ2) is 6.48. The minimum atomic E-state index is 0.950. The molecule has 0 heterocycles. The fraction of sp³-hybridized carbons (Fsp3) is 0.238. The molecule has 0 atom stereocenters. The van der Waals surface area contributed by atoms with Crippen LogP contribution >= 0.6 is 15.9 Å². The van der Waals surface area contributed by atoms with Crippen molar-refractivity contribution in [2.75, 3.05) is 26.1 Å². The van der Waals surface area contributed by atoms with Crippen LogP contribution in [0.3, 0.4) is 0 Å². The van der Waals surface area contributed by atoms with Crippen molar-refractivity contribution in [1.82, 2.24) is 0 Å². The summed E-state index contributed by atoms with van der Waals surface area (Å²) in [4.78, 5) is 2.17. The molecule has 0 unspecified atom stereocenters. The van der Waals surface area contributed by atoms with Crippen LogP contribution in [0, 0.1) is 13.8 Å². The highest BCUT2D eigenvalue weighted by Gasteiger charge is 2.19. The molecular formula is C21H22BrNO. The van der Waals surface area contributed by atoms with Crippen molar-refractivity contribution in [2.24, 2.45) is 0 Å². The lowest BCUT2D eigenvalue weighted by molar-refractivity contribution is 0.408. The van der Waals surface area contributed by atoms with Gasteiger partial charge in [-0.1, -0.05) is 46.3 Å². The highest BCUT2D eigenvalue weighted by Crippen LogP contribution is 2.45. The van der Waals surface area contributed by atoms with E-state index in [4.69, 9.17) is 4.74 Å². The molecule has 0 aliphatic rings. The molecular weight excluding hydrogens is 362 g/mol. The molecule has 124 valence electrons. The minimum absolute atomic E-state index is 0.950. The first-order chi connectivity index (χ1) is 11.5. The molecule has 3 heteroatoms. The Kier molecular flexibility index (Phi) is 4.55. The Bertz CT molecular complexity index is 915. The van der Waals surface area contributed by atoms with Gasteiger partial charge in [0, 0.05) is 40.9 Å². The third kappa shape index (κ3) is 2.67. The van der Waals surface area contributed by atoms with Crippen LogP contribution in [0.4, 0.5) is 5.69 Å². The summed E-state index contributed by atoms with van der Waals surface area (Å²) in [6.45, 7) is 4.21. The Hall–Kier alpha value is -2.00. The smallest absolute Gasteiger partial charge is 0.125 e. The first-order valence-corrected chi connectivity index (χ1v) is 8.78. The van der Waals surface area contributed by atoms with Crippen molar-refractivity contribution in [3.63, 3.8) is 0 Å². The van der Waals surface area contributed by atoms with E-state index in [1.54, 1.807) is 7.11 Å². The van der Waals surface area contributed by atoms with Crippen LogP contribution in [0.15, 0.2) is 46.9 Å². The first kappa shape index (κ1) is 16.8. The summed E-state index contributed by atoms with van der Waals surface area (Å²) in [6.07, 6.45) is 0. The predicted octanol–water partition coefficient (Wildman–Crippen LogP) is 5.96. The quantitative estimate of drug-likeness (QED) is 0.552. The molecule has 3 rings (SSSR count). The molecule has 0 N–H and O–H groups in total. The zero-order chi connectivity index (χ0) is 17.4. The number of hydrogen-bond acceptors (Lipinski definition) is 2. The van der Waals surface area contributed by atoms with E-state index < -0.39 is 0 Å². The lowest BCUT2D eigenvalue weighted by Gasteiger charge is -2.23. The van der Waals surface area contributed by atoms with Gasteiger partial charge in [-0.2, -0.15) is 0 Å². The summed E-state index contributed by atoms with van der Waals surface area (Å²) in [5.41, 5.74) is 5.92. The van der Waals surface area contributed by atoms with Gasteiger partial charge in [0.2, 0.25) is 0 Å². The van der Waals surface area contributed by atoms with Crippen LogP contribution in [0.25, 0.3) is 21.9 Å². The van der Waals surface area contributed by atoms with E-state index in [2.05, 4.69) is 91.2 Å². The molecule has 0 saturated heterocycles. The molecule has 3 aromatic rings. The number of halogens is 1. The third-order valence-corrected chi connectivity index (χ3v) is 5.12. The second-order valence-corrected chi connectivity index (χ2v) is 7.14. The summed E-state index contributed by atoms with van der Waals surface area (Å²) in [7, 11) is 5.91. The van der Waals surface area contributed by atoms with Crippen molar-refractivity contribution in [1.29, 1.82) is 0 Å². The van der Waals surface area contributed by atoms with E-state index >= 15 is 0 Å². The number of aryl methyl sites for hydroxylation is 1. The fourth-order valence-corrected chi connectivity index (χ4v) is 4.27. The maximum atomic E-state index is 5.67. The topological polar surface area (TPSA) is 12.5 Å². The predicted molar refractivity (Wildman–Crippen MR) is 107 cm³/mol. The first-order valence-electron chi connectivity index (χ1n) is 7.98. The number of ether oxygens (including phenoxy) is 1. The van der Waals surface area contributed by atoms with Crippen molar-refractivity contribution in [3.8, 4) is 16.9 Å². The summed E-state index contributed by atoms with van der Waals surface area (Å²) in [6, 6.07) is 15.0. The molecule has 0 bridgehead atoms. The standard InChI is InChI=1S/C21H22BrNO/c1-13-12-17(22)19(14(2)21(13)24-5)20-16-9-7-6-8-15(16)10-11-18(20)23(3)4/h6-12H,1-5H3.